The Morgan fingerprint density at radius 2 is 1.87 bits per heavy atom. The molecule has 5 atom stereocenters. The summed E-state index contributed by atoms with van der Waals surface area (Å²) in [5, 5.41) is 3.16. The molecule has 124 valence electrons. The van der Waals surface area contributed by atoms with Gasteiger partial charge in [0.2, 0.25) is 0 Å². The van der Waals surface area contributed by atoms with Gasteiger partial charge in [-0.15, -0.1) is 0 Å². The molecule has 4 nitrogen and oxygen atoms in total. The minimum Gasteiger partial charge on any atom is -0.445 e. The second kappa shape index (κ2) is 5.82. The number of rotatable bonds is 4. The van der Waals surface area contributed by atoms with E-state index in [2.05, 4.69) is 5.32 Å². The second-order valence-corrected chi connectivity index (χ2v) is 7.59. The van der Waals surface area contributed by atoms with Crippen LogP contribution in [0.1, 0.15) is 37.7 Å². The third-order valence-electron chi connectivity index (χ3n) is 6.15. The van der Waals surface area contributed by atoms with E-state index in [0.29, 0.717) is 18.4 Å². The number of benzene rings is 1. The van der Waals surface area contributed by atoms with E-state index in [9.17, 15) is 4.79 Å². The van der Waals surface area contributed by atoms with E-state index in [-0.39, 0.29) is 17.7 Å². The molecule has 4 aliphatic carbocycles. The summed E-state index contributed by atoms with van der Waals surface area (Å²) in [6.07, 6.45) is 5.55. The molecule has 5 rings (SSSR count). The molecule has 4 heteroatoms. The Labute approximate surface area is 137 Å². The highest BCUT2D eigenvalue weighted by Crippen LogP contribution is 2.56. The summed E-state index contributed by atoms with van der Waals surface area (Å²) in [7, 11) is 1.85. The zero-order chi connectivity index (χ0) is 15.9. The van der Waals surface area contributed by atoms with Crippen molar-refractivity contribution in [2.45, 2.75) is 50.4 Å². The molecule has 4 saturated carbocycles. The topological polar surface area (TPSA) is 47.6 Å². The number of hydrogen-bond donors (Lipinski definition) is 1. The van der Waals surface area contributed by atoms with Crippen LogP contribution in [0.4, 0.5) is 4.79 Å². The quantitative estimate of drug-likeness (QED) is 0.925. The summed E-state index contributed by atoms with van der Waals surface area (Å²) in [5.41, 5.74) is 1.11. The molecule has 2 unspecified atom stereocenters. The summed E-state index contributed by atoms with van der Waals surface area (Å²) in [4.78, 5) is 12.2. The third-order valence-corrected chi connectivity index (χ3v) is 6.15. The summed E-state index contributed by atoms with van der Waals surface area (Å²) in [6.45, 7) is 0.333. The van der Waals surface area contributed by atoms with E-state index in [1.807, 2.05) is 37.4 Å². The maximum absolute atomic E-state index is 12.2. The molecule has 1 amide bonds. The van der Waals surface area contributed by atoms with Crippen LogP contribution in [0, 0.1) is 17.8 Å². The highest BCUT2D eigenvalue weighted by atomic mass is 16.5. The van der Waals surface area contributed by atoms with Crippen molar-refractivity contribution >= 4 is 6.09 Å². The lowest BCUT2D eigenvalue weighted by Gasteiger charge is -2.59. The number of nitrogens with one attached hydrogen (secondary N) is 1. The summed E-state index contributed by atoms with van der Waals surface area (Å²) in [5.74, 6) is 1.88. The monoisotopic (exact) mass is 315 g/mol. The number of methoxy groups -OCH3 is 1. The minimum atomic E-state index is -0.280. The predicted molar refractivity (Wildman–Crippen MR) is 86.8 cm³/mol. The molecule has 4 bridgehead atoms. The van der Waals surface area contributed by atoms with Gasteiger partial charge in [0, 0.05) is 13.2 Å². The van der Waals surface area contributed by atoms with Crippen molar-refractivity contribution in [2.75, 3.05) is 7.11 Å². The lowest BCUT2D eigenvalue weighted by atomic mass is 9.52. The fourth-order valence-corrected chi connectivity index (χ4v) is 5.34. The van der Waals surface area contributed by atoms with Crippen LogP contribution in [-0.4, -0.2) is 24.8 Å². The van der Waals surface area contributed by atoms with Gasteiger partial charge in [-0.05, 0) is 55.4 Å². The molecule has 1 aromatic carbocycles. The van der Waals surface area contributed by atoms with Gasteiger partial charge < -0.3 is 14.8 Å². The lowest BCUT2D eigenvalue weighted by molar-refractivity contribution is -0.156. The van der Waals surface area contributed by atoms with Crippen LogP contribution in [0.5, 0.6) is 0 Å². The van der Waals surface area contributed by atoms with Gasteiger partial charge in [-0.25, -0.2) is 4.79 Å². The zero-order valence-electron chi connectivity index (χ0n) is 13.7. The van der Waals surface area contributed by atoms with Gasteiger partial charge in [0.15, 0.2) is 0 Å². The van der Waals surface area contributed by atoms with Gasteiger partial charge in [-0.1, -0.05) is 30.3 Å². The highest BCUT2D eigenvalue weighted by Gasteiger charge is 2.56. The normalized spacial score (nSPS) is 37.6. The van der Waals surface area contributed by atoms with Crippen LogP contribution >= 0.6 is 0 Å². The summed E-state index contributed by atoms with van der Waals surface area (Å²) < 4.78 is 11.3. The number of carbonyl (C=O) groups excluding carboxylic acids is 1. The van der Waals surface area contributed by atoms with E-state index in [4.69, 9.17) is 9.47 Å². The first-order valence-corrected chi connectivity index (χ1v) is 8.70. The van der Waals surface area contributed by atoms with Gasteiger partial charge in [-0.2, -0.15) is 0 Å². The molecule has 0 aliphatic heterocycles. The molecule has 0 aromatic heterocycles. The Morgan fingerprint density at radius 3 is 2.52 bits per heavy atom. The number of alkyl carbamates (subject to hydrolysis) is 1. The summed E-state index contributed by atoms with van der Waals surface area (Å²) in [6, 6.07) is 10.1. The van der Waals surface area contributed by atoms with Crippen molar-refractivity contribution < 1.29 is 14.3 Å². The number of hydrogen-bond acceptors (Lipinski definition) is 3. The van der Waals surface area contributed by atoms with Crippen LogP contribution in [0.3, 0.4) is 0 Å². The van der Waals surface area contributed by atoms with Gasteiger partial charge in [0.1, 0.15) is 6.61 Å². The van der Waals surface area contributed by atoms with Crippen LogP contribution in [0.15, 0.2) is 30.3 Å². The lowest BCUT2D eigenvalue weighted by Crippen LogP contribution is -2.62. The van der Waals surface area contributed by atoms with Crippen LogP contribution < -0.4 is 5.32 Å². The van der Waals surface area contributed by atoms with Crippen molar-refractivity contribution in [1.29, 1.82) is 0 Å². The molecule has 4 fully saturated rings. The number of amides is 1. The molecule has 23 heavy (non-hydrogen) atoms. The smallest absolute Gasteiger partial charge is 0.407 e. The van der Waals surface area contributed by atoms with E-state index in [1.165, 1.54) is 19.3 Å². The minimum absolute atomic E-state index is 0.0859. The van der Waals surface area contributed by atoms with Crippen molar-refractivity contribution in [1.82, 2.24) is 5.32 Å². The van der Waals surface area contributed by atoms with Crippen LogP contribution in [0.2, 0.25) is 0 Å². The molecule has 0 radical (unpaired) electrons. The van der Waals surface area contributed by atoms with Crippen LogP contribution in [0.25, 0.3) is 0 Å². The van der Waals surface area contributed by atoms with Crippen molar-refractivity contribution in [3.8, 4) is 0 Å². The van der Waals surface area contributed by atoms with E-state index >= 15 is 0 Å². The van der Waals surface area contributed by atoms with Crippen molar-refractivity contribution in [3.05, 3.63) is 35.9 Å². The first kappa shape index (κ1) is 15.0. The maximum atomic E-state index is 12.2. The average Bonchev–Trinajstić information content (AvgIpc) is 2.57. The summed E-state index contributed by atoms with van der Waals surface area (Å²) >= 11 is 0. The van der Waals surface area contributed by atoms with E-state index in [1.54, 1.807) is 0 Å². The Hall–Kier alpha value is -1.55. The molecule has 4 aliphatic rings. The van der Waals surface area contributed by atoms with Crippen molar-refractivity contribution in [2.24, 2.45) is 17.8 Å². The molecule has 0 spiro atoms. The molecule has 1 N–H and O–H groups in total. The Kier molecular flexibility index (Phi) is 3.80. The number of ether oxygens (including phenoxy) is 2. The average molecular weight is 315 g/mol. The fourth-order valence-electron chi connectivity index (χ4n) is 5.34. The molecule has 0 heterocycles. The molecule has 0 saturated heterocycles. The SMILES string of the molecule is COC12CC3C[C@H](C1)[C@@H](NC(=O)OCc1ccccc1)[C@@H](C3)C2. The highest BCUT2D eigenvalue weighted by molar-refractivity contribution is 5.67. The Morgan fingerprint density at radius 1 is 1.17 bits per heavy atom. The Balaban J connectivity index is 1.35. The second-order valence-electron chi connectivity index (χ2n) is 7.59. The molecular formula is C19H25NO3. The van der Waals surface area contributed by atoms with Gasteiger partial charge >= 0.3 is 6.09 Å². The largest absolute Gasteiger partial charge is 0.445 e. The molecular weight excluding hydrogens is 290 g/mol. The Bertz CT molecular complexity index is 557. The molecule has 1 aromatic rings. The first-order valence-electron chi connectivity index (χ1n) is 8.70. The van der Waals surface area contributed by atoms with E-state index in [0.717, 1.165) is 24.3 Å². The number of carbonyl (C=O) groups is 1. The van der Waals surface area contributed by atoms with Crippen LogP contribution in [-0.2, 0) is 16.1 Å². The zero-order valence-corrected chi connectivity index (χ0v) is 13.7. The maximum Gasteiger partial charge on any atom is 0.407 e. The third kappa shape index (κ3) is 2.85. The van der Waals surface area contributed by atoms with Gasteiger partial charge in [-0.3, -0.25) is 0 Å². The van der Waals surface area contributed by atoms with Gasteiger partial charge in [0.05, 0.1) is 5.60 Å². The predicted octanol–water partition coefficient (Wildman–Crippen LogP) is 3.51. The first-order chi connectivity index (χ1) is 11.2. The van der Waals surface area contributed by atoms with Gasteiger partial charge in [0.25, 0.3) is 0 Å². The standard InChI is InChI=1S/C19H25NO3/c1-22-19-9-14-7-15(10-19)17(16(8-14)11-19)20-18(21)23-12-13-5-3-2-4-6-13/h2-6,14-17H,7-12H2,1H3,(H,20,21)/t14?,15-,16+,17-,19?. The fraction of sp³-hybridized carbons (Fsp3) is 0.632. The van der Waals surface area contributed by atoms with Crippen molar-refractivity contribution in [3.63, 3.8) is 0 Å². The van der Waals surface area contributed by atoms with E-state index < -0.39 is 0 Å².